The summed E-state index contributed by atoms with van der Waals surface area (Å²) in [4.78, 5) is 2.23. The minimum absolute atomic E-state index is 0.385. The zero-order chi connectivity index (χ0) is 8.43. The molecular formula is C9H18N2. The standard InChI is InChI=1S/C9H18N2/c1-4-11(8-5-6-8)9(10)7(2)3/h7-8,10H,4-6H2,1-3H3. The molecule has 0 atom stereocenters. The molecule has 1 aliphatic carbocycles. The average molecular weight is 154 g/mol. The molecule has 0 aromatic heterocycles. The van der Waals surface area contributed by atoms with Crippen LogP contribution in [0.5, 0.6) is 0 Å². The Labute approximate surface area is 69.1 Å². The van der Waals surface area contributed by atoms with Crippen LogP contribution >= 0.6 is 0 Å². The topological polar surface area (TPSA) is 27.1 Å². The van der Waals surface area contributed by atoms with E-state index < -0.39 is 0 Å². The van der Waals surface area contributed by atoms with E-state index in [1.807, 2.05) is 0 Å². The highest BCUT2D eigenvalue weighted by Gasteiger charge is 2.30. The van der Waals surface area contributed by atoms with Crippen LogP contribution in [0.1, 0.15) is 33.6 Å². The molecule has 1 fully saturated rings. The van der Waals surface area contributed by atoms with Crippen molar-refractivity contribution in [3.63, 3.8) is 0 Å². The van der Waals surface area contributed by atoms with Gasteiger partial charge in [0.2, 0.25) is 0 Å². The highest BCUT2D eigenvalue weighted by atomic mass is 15.2. The van der Waals surface area contributed by atoms with Crippen LogP contribution in [0.3, 0.4) is 0 Å². The van der Waals surface area contributed by atoms with Crippen molar-refractivity contribution in [2.24, 2.45) is 5.92 Å². The van der Waals surface area contributed by atoms with Crippen LogP contribution in [0, 0.1) is 11.3 Å². The number of hydrogen-bond donors (Lipinski definition) is 1. The molecule has 0 radical (unpaired) electrons. The third-order valence-corrected chi connectivity index (χ3v) is 2.18. The second kappa shape index (κ2) is 3.24. The molecule has 1 N–H and O–H groups in total. The summed E-state index contributed by atoms with van der Waals surface area (Å²) in [5, 5.41) is 7.80. The first-order chi connectivity index (χ1) is 5.16. The van der Waals surface area contributed by atoms with Gasteiger partial charge >= 0.3 is 0 Å². The summed E-state index contributed by atoms with van der Waals surface area (Å²) in [6.45, 7) is 7.32. The van der Waals surface area contributed by atoms with Crippen molar-refractivity contribution in [1.29, 1.82) is 5.41 Å². The van der Waals surface area contributed by atoms with E-state index in [-0.39, 0.29) is 0 Å². The summed E-state index contributed by atoms with van der Waals surface area (Å²) in [5.41, 5.74) is 0. The minimum Gasteiger partial charge on any atom is -0.358 e. The van der Waals surface area contributed by atoms with E-state index in [9.17, 15) is 0 Å². The van der Waals surface area contributed by atoms with Crippen LogP contribution in [-0.4, -0.2) is 23.3 Å². The summed E-state index contributed by atoms with van der Waals surface area (Å²) in [7, 11) is 0. The first-order valence-corrected chi connectivity index (χ1v) is 4.52. The third kappa shape index (κ3) is 1.95. The summed E-state index contributed by atoms with van der Waals surface area (Å²) in [6, 6.07) is 0.704. The first-order valence-electron chi connectivity index (χ1n) is 4.52. The average Bonchev–Trinajstić information content (AvgIpc) is 2.72. The summed E-state index contributed by atoms with van der Waals surface area (Å²) >= 11 is 0. The largest absolute Gasteiger partial charge is 0.358 e. The van der Waals surface area contributed by atoms with Gasteiger partial charge in [0.25, 0.3) is 0 Å². The summed E-state index contributed by atoms with van der Waals surface area (Å²) < 4.78 is 0. The SMILES string of the molecule is CCN(C(=N)C(C)C)C1CC1. The second-order valence-corrected chi connectivity index (χ2v) is 3.56. The highest BCUT2D eigenvalue weighted by Crippen LogP contribution is 2.27. The quantitative estimate of drug-likeness (QED) is 0.489. The molecule has 2 heteroatoms. The molecule has 2 nitrogen and oxygen atoms in total. The number of nitrogens with zero attached hydrogens (tertiary/aromatic N) is 1. The second-order valence-electron chi connectivity index (χ2n) is 3.56. The molecule has 0 spiro atoms. The van der Waals surface area contributed by atoms with E-state index in [0.717, 1.165) is 12.4 Å². The van der Waals surface area contributed by atoms with Gasteiger partial charge in [-0.1, -0.05) is 13.8 Å². The Morgan fingerprint density at radius 3 is 2.36 bits per heavy atom. The van der Waals surface area contributed by atoms with Crippen molar-refractivity contribution in [2.45, 2.75) is 39.7 Å². The van der Waals surface area contributed by atoms with E-state index in [2.05, 4.69) is 25.7 Å². The van der Waals surface area contributed by atoms with Gasteiger partial charge in [0, 0.05) is 18.5 Å². The molecule has 0 aromatic rings. The van der Waals surface area contributed by atoms with Crippen molar-refractivity contribution < 1.29 is 0 Å². The van der Waals surface area contributed by atoms with Crippen LogP contribution < -0.4 is 0 Å². The highest BCUT2D eigenvalue weighted by molar-refractivity contribution is 5.81. The lowest BCUT2D eigenvalue weighted by atomic mass is 10.2. The van der Waals surface area contributed by atoms with Crippen LogP contribution in [0.4, 0.5) is 0 Å². The van der Waals surface area contributed by atoms with Crippen LogP contribution in [0.25, 0.3) is 0 Å². The van der Waals surface area contributed by atoms with Gasteiger partial charge in [0.1, 0.15) is 0 Å². The Balaban J connectivity index is 2.46. The molecule has 0 aliphatic heterocycles. The summed E-state index contributed by atoms with van der Waals surface area (Å²) in [5.74, 6) is 1.20. The smallest absolute Gasteiger partial charge is 0.0986 e. The molecule has 1 rings (SSSR count). The van der Waals surface area contributed by atoms with E-state index >= 15 is 0 Å². The Hall–Kier alpha value is -0.530. The number of rotatable bonds is 3. The van der Waals surface area contributed by atoms with Gasteiger partial charge in [-0.15, -0.1) is 0 Å². The predicted molar refractivity (Wildman–Crippen MR) is 48.0 cm³/mol. The van der Waals surface area contributed by atoms with Crippen LogP contribution in [0.2, 0.25) is 0 Å². The van der Waals surface area contributed by atoms with Gasteiger partial charge in [-0.05, 0) is 19.8 Å². The monoisotopic (exact) mass is 154 g/mol. The molecule has 0 heterocycles. The fraction of sp³-hybridized carbons (Fsp3) is 0.889. The Bertz CT molecular complexity index is 148. The van der Waals surface area contributed by atoms with Gasteiger partial charge in [-0.25, -0.2) is 0 Å². The zero-order valence-corrected chi connectivity index (χ0v) is 7.72. The molecule has 0 aromatic carbocycles. The fourth-order valence-electron chi connectivity index (χ4n) is 1.34. The van der Waals surface area contributed by atoms with Gasteiger partial charge in [0.15, 0.2) is 0 Å². The lowest BCUT2D eigenvalue weighted by molar-refractivity contribution is 0.407. The van der Waals surface area contributed by atoms with Crippen LogP contribution in [0.15, 0.2) is 0 Å². The van der Waals surface area contributed by atoms with Gasteiger partial charge in [-0.3, -0.25) is 5.41 Å². The summed E-state index contributed by atoms with van der Waals surface area (Å²) in [6.07, 6.45) is 2.59. The molecular weight excluding hydrogens is 136 g/mol. The Morgan fingerprint density at radius 2 is 2.09 bits per heavy atom. The maximum atomic E-state index is 7.80. The molecule has 1 aliphatic rings. The lowest BCUT2D eigenvalue weighted by Crippen LogP contribution is -2.35. The van der Waals surface area contributed by atoms with Crippen molar-refractivity contribution in [1.82, 2.24) is 4.90 Å². The molecule has 1 saturated carbocycles. The first kappa shape index (κ1) is 8.57. The fourth-order valence-corrected chi connectivity index (χ4v) is 1.34. The number of amidine groups is 1. The molecule has 0 unspecified atom stereocenters. The van der Waals surface area contributed by atoms with Gasteiger partial charge in [-0.2, -0.15) is 0 Å². The van der Waals surface area contributed by atoms with E-state index in [1.54, 1.807) is 0 Å². The van der Waals surface area contributed by atoms with Crippen LogP contribution in [-0.2, 0) is 0 Å². The maximum Gasteiger partial charge on any atom is 0.0986 e. The van der Waals surface area contributed by atoms with Crippen molar-refractivity contribution in [2.75, 3.05) is 6.54 Å². The van der Waals surface area contributed by atoms with E-state index in [0.29, 0.717) is 12.0 Å². The maximum absolute atomic E-state index is 7.80. The van der Waals surface area contributed by atoms with Gasteiger partial charge in [0.05, 0.1) is 5.84 Å². The molecule has 0 bridgehead atoms. The van der Waals surface area contributed by atoms with Crippen molar-refractivity contribution in [3.05, 3.63) is 0 Å². The number of nitrogens with one attached hydrogen (secondary N) is 1. The predicted octanol–water partition coefficient (Wildman–Crippen LogP) is 2.10. The molecule has 11 heavy (non-hydrogen) atoms. The zero-order valence-electron chi connectivity index (χ0n) is 7.72. The Morgan fingerprint density at radius 1 is 1.55 bits per heavy atom. The molecule has 0 saturated heterocycles. The normalized spacial score (nSPS) is 17.1. The number of hydrogen-bond acceptors (Lipinski definition) is 1. The van der Waals surface area contributed by atoms with E-state index in [4.69, 9.17) is 5.41 Å². The molecule has 0 amide bonds. The van der Waals surface area contributed by atoms with Crippen molar-refractivity contribution in [3.8, 4) is 0 Å². The third-order valence-electron chi connectivity index (χ3n) is 2.18. The van der Waals surface area contributed by atoms with E-state index in [1.165, 1.54) is 12.8 Å². The molecule has 64 valence electrons. The van der Waals surface area contributed by atoms with Gasteiger partial charge < -0.3 is 4.90 Å². The Kier molecular flexibility index (Phi) is 2.53. The van der Waals surface area contributed by atoms with Crippen molar-refractivity contribution >= 4 is 5.84 Å². The lowest BCUT2D eigenvalue weighted by Gasteiger charge is -2.25. The minimum atomic E-state index is 0.385.